The highest BCUT2D eigenvalue weighted by atomic mass is 35.5. The smallest absolute Gasteiger partial charge is 0.229 e. The SMILES string of the molecule is CNc1cc(C)nc(Nc2cc3c(c(C4=CCN[C@@H](C)CC4)c2Cl)OCCC3)n1. The molecule has 0 spiro atoms. The Morgan fingerprint density at radius 3 is 2.93 bits per heavy atom. The number of aromatic nitrogens is 2. The lowest BCUT2D eigenvalue weighted by atomic mass is 9.93. The van der Waals surface area contributed by atoms with Crippen LogP contribution in [0.15, 0.2) is 18.2 Å². The predicted octanol–water partition coefficient (Wildman–Crippen LogP) is 4.70. The van der Waals surface area contributed by atoms with Crippen LogP contribution < -0.4 is 20.7 Å². The van der Waals surface area contributed by atoms with Crippen LogP contribution in [-0.2, 0) is 6.42 Å². The van der Waals surface area contributed by atoms with E-state index < -0.39 is 0 Å². The number of nitrogens with one attached hydrogen (secondary N) is 3. The molecule has 2 aromatic rings. The van der Waals surface area contributed by atoms with Gasteiger partial charge in [-0.1, -0.05) is 17.7 Å². The molecule has 154 valence electrons. The lowest BCUT2D eigenvalue weighted by Crippen LogP contribution is -2.24. The van der Waals surface area contributed by atoms with E-state index in [4.69, 9.17) is 16.3 Å². The zero-order valence-corrected chi connectivity index (χ0v) is 18.0. The lowest BCUT2D eigenvalue weighted by molar-refractivity contribution is 0.287. The molecule has 0 aliphatic carbocycles. The molecule has 0 bridgehead atoms. The van der Waals surface area contributed by atoms with Gasteiger partial charge in [-0.2, -0.15) is 4.98 Å². The first-order valence-corrected chi connectivity index (χ1v) is 10.6. The molecule has 0 saturated heterocycles. The molecule has 1 aromatic carbocycles. The van der Waals surface area contributed by atoms with Crippen molar-refractivity contribution in [2.45, 2.75) is 45.6 Å². The number of benzene rings is 1. The molecule has 0 saturated carbocycles. The maximum atomic E-state index is 6.96. The van der Waals surface area contributed by atoms with E-state index in [-0.39, 0.29) is 0 Å². The second-order valence-electron chi connectivity index (χ2n) is 7.72. The number of rotatable bonds is 4. The molecule has 29 heavy (non-hydrogen) atoms. The molecular weight excluding hydrogens is 386 g/mol. The van der Waals surface area contributed by atoms with Gasteiger partial charge in [0.05, 0.1) is 17.3 Å². The first-order valence-electron chi connectivity index (χ1n) is 10.3. The summed E-state index contributed by atoms with van der Waals surface area (Å²) < 4.78 is 6.10. The van der Waals surface area contributed by atoms with Crippen molar-refractivity contribution in [3.63, 3.8) is 0 Å². The van der Waals surface area contributed by atoms with Crippen LogP contribution in [0.1, 0.15) is 43.0 Å². The van der Waals surface area contributed by atoms with E-state index in [9.17, 15) is 0 Å². The third-order valence-corrected chi connectivity index (χ3v) is 5.86. The summed E-state index contributed by atoms with van der Waals surface area (Å²) in [6.45, 7) is 5.74. The van der Waals surface area contributed by atoms with Crippen LogP contribution in [-0.4, -0.2) is 36.2 Å². The van der Waals surface area contributed by atoms with Gasteiger partial charge >= 0.3 is 0 Å². The Kier molecular flexibility index (Phi) is 5.92. The van der Waals surface area contributed by atoms with Gasteiger partial charge in [0.25, 0.3) is 0 Å². The van der Waals surface area contributed by atoms with Crippen LogP contribution in [0.25, 0.3) is 5.57 Å². The summed E-state index contributed by atoms with van der Waals surface area (Å²) in [7, 11) is 1.85. The van der Waals surface area contributed by atoms with Gasteiger partial charge < -0.3 is 20.7 Å². The molecule has 1 aromatic heterocycles. The first kappa shape index (κ1) is 20.0. The van der Waals surface area contributed by atoms with E-state index in [2.05, 4.69) is 45.0 Å². The molecule has 7 heteroatoms. The fourth-order valence-corrected chi connectivity index (χ4v) is 4.23. The quantitative estimate of drug-likeness (QED) is 0.674. The Balaban J connectivity index is 1.77. The maximum absolute atomic E-state index is 6.96. The van der Waals surface area contributed by atoms with Crippen LogP contribution >= 0.6 is 11.6 Å². The molecule has 2 aliphatic heterocycles. The topological polar surface area (TPSA) is 71.1 Å². The highest BCUT2D eigenvalue weighted by Crippen LogP contribution is 2.45. The maximum Gasteiger partial charge on any atom is 0.229 e. The van der Waals surface area contributed by atoms with Gasteiger partial charge in [-0.25, -0.2) is 4.98 Å². The lowest BCUT2D eigenvalue weighted by Gasteiger charge is -2.25. The van der Waals surface area contributed by atoms with Crippen molar-refractivity contribution in [2.24, 2.45) is 0 Å². The zero-order chi connectivity index (χ0) is 20.4. The molecule has 4 rings (SSSR count). The summed E-state index contributed by atoms with van der Waals surface area (Å²) in [4.78, 5) is 9.04. The summed E-state index contributed by atoms with van der Waals surface area (Å²) in [6.07, 6.45) is 6.27. The molecule has 1 atom stereocenters. The second-order valence-corrected chi connectivity index (χ2v) is 8.10. The molecule has 0 amide bonds. The number of nitrogens with zero attached hydrogens (tertiary/aromatic N) is 2. The van der Waals surface area contributed by atoms with E-state index in [0.717, 1.165) is 67.3 Å². The summed E-state index contributed by atoms with van der Waals surface area (Å²) in [5.74, 6) is 2.24. The van der Waals surface area contributed by atoms with Crippen molar-refractivity contribution in [3.8, 4) is 5.75 Å². The summed E-state index contributed by atoms with van der Waals surface area (Å²) >= 11 is 6.96. The average molecular weight is 414 g/mol. The summed E-state index contributed by atoms with van der Waals surface area (Å²) in [6, 6.07) is 4.48. The number of fused-ring (bicyclic) bond motifs is 1. The molecule has 6 nitrogen and oxygen atoms in total. The van der Waals surface area contributed by atoms with Crippen LogP contribution in [0, 0.1) is 6.92 Å². The molecule has 2 aliphatic rings. The molecule has 3 heterocycles. The van der Waals surface area contributed by atoms with Gasteiger partial charge in [0.2, 0.25) is 5.95 Å². The Bertz CT molecular complexity index is 943. The molecule has 0 unspecified atom stereocenters. The van der Waals surface area contributed by atoms with Crippen molar-refractivity contribution < 1.29 is 4.74 Å². The van der Waals surface area contributed by atoms with Gasteiger partial charge in [0.1, 0.15) is 11.6 Å². The number of hydrogen-bond donors (Lipinski definition) is 3. The highest BCUT2D eigenvalue weighted by Gasteiger charge is 2.25. The number of aryl methyl sites for hydroxylation is 2. The number of anilines is 3. The van der Waals surface area contributed by atoms with Crippen molar-refractivity contribution in [1.82, 2.24) is 15.3 Å². The fourth-order valence-electron chi connectivity index (χ4n) is 3.92. The largest absolute Gasteiger partial charge is 0.493 e. The van der Waals surface area contributed by atoms with Crippen LogP contribution in [0.5, 0.6) is 5.75 Å². The summed E-state index contributed by atoms with van der Waals surface area (Å²) in [5, 5.41) is 10.6. The van der Waals surface area contributed by atoms with Gasteiger partial charge in [0, 0.05) is 37.0 Å². The predicted molar refractivity (Wildman–Crippen MR) is 120 cm³/mol. The normalized spacial score (nSPS) is 18.9. The fraction of sp³-hybridized carbons (Fsp3) is 0.455. The molecule has 0 fully saturated rings. The Morgan fingerprint density at radius 1 is 1.24 bits per heavy atom. The van der Waals surface area contributed by atoms with Crippen molar-refractivity contribution in [2.75, 3.05) is 30.8 Å². The van der Waals surface area contributed by atoms with E-state index >= 15 is 0 Å². The molecular formula is C22H28ClN5O. The van der Waals surface area contributed by atoms with E-state index in [0.29, 0.717) is 17.0 Å². The first-order chi connectivity index (χ1) is 14.0. The Morgan fingerprint density at radius 2 is 2.10 bits per heavy atom. The van der Waals surface area contributed by atoms with Gasteiger partial charge in [-0.05, 0) is 56.7 Å². The third-order valence-electron chi connectivity index (χ3n) is 5.47. The van der Waals surface area contributed by atoms with E-state index in [1.807, 2.05) is 20.0 Å². The van der Waals surface area contributed by atoms with Gasteiger partial charge in [-0.3, -0.25) is 0 Å². The zero-order valence-electron chi connectivity index (χ0n) is 17.2. The summed E-state index contributed by atoms with van der Waals surface area (Å²) in [5.41, 5.74) is 5.16. The molecule has 0 radical (unpaired) electrons. The Hall–Kier alpha value is -2.31. The van der Waals surface area contributed by atoms with Crippen LogP contribution in [0.2, 0.25) is 5.02 Å². The number of ether oxygens (including phenoxy) is 1. The number of allylic oxidation sites excluding steroid dienone is 1. The highest BCUT2D eigenvalue weighted by molar-refractivity contribution is 6.35. The van der Waals surface area contributed by atoms with E-state index in [1.165, 1.54) is 11.1 Å². The minimum absolute atomic E-state index is 0.487. The second kappa shape index (κ2) is 8.59. The number of hydrogen-bond acceptors (Lipinski definition) is 6. The number of halogens is 1. The van der Waals surface area contributed by atoms with Crippen molar-refractivity contribution in [3.05, 3.63) is 40.1 Å². The average Bonchev–Trinajstić information content (AvgIpc) is 2.92. The van der Waals surface area contributed by atoms with Crippen LogP contribution in [0.4, 0.5) is 17.5 Å². The monoisotopic (exact) mass is 413 g/mol. The van der Waals surface area contributed by atoms with Crippen molar-refractivity contribution in [1.29, 1.82) is 0 Å². The van der Waals surface area contributed by atoms with Crippen LogP contribution in [0.3, 0.4) is 0 Å². The van der Waals surface area contributed by atoms with Gasteiger partial charge in [-0.15, -0.1) is 0 Å². The molecule has 3 N–H and O–H groups in total. The van der Waals surface area contributed by atoms with Gasteiger partial charge in [0.15, 0.2) is 0 Å². The third kappa shape index (κ3) is 4.33. The Labute approximate surface area is 177 Å². The minimum Gasteiger partial charge on any atom is -0.493 e. The minimum atomic E-state index is 0.487. The van der Waals surface area contributed by atoms with Crippen molar-refractivity contribution >= 4 is 34.6 Å². The standard InChI is InChI=1S/C22H28ClN5O/c1-13-6-7-15(8-9-25-13)19-20(23)17(12-16-5-4-10-29-21(16)19)27-22-26-14(2)11-18(24-3)28-22/h8,11-13,25H,4-7,9-10H2,1-3H3,(H2,24,26,27,28)/t13-/m0/s1. The van der Waals surface area contributed by atoms with E-state index in [1.54, 1.807) is 0 Å².